The Hall–Kier alpha value is -3.16. The van der Waals surface area contributed by atoms with Crippen LogP contribution < -0.4 is 16.3 Å². The molecule has 3 heterocycles. The van der Waals surface area contributed by atoms with Crippen LogP contribution in [0, 0.1) is 0 Å². The summed E-state index contributed by atoms with van der Waals surface area (Å²) in [4.78, 5) is 29.6. The fourth-order valence-electron chi connectivity index (χ4n) is 3.24. The third kappa shape index (κ3) is 2.22. The number of benzene rings is 1. The molecule has 0 radical (unpaired) electrons. The van der Waals surface area contributed by atoms with Gasteiger partial charge in [0, 0.05) is 14.1 Å². The van der Waals surface area contributed by atoms with Gasteiger partial charge in [0.1, 0.15) is 0 Å². The van der Waals surface area contributed by atoms with Gasteiger partial charge < -0.3 is 0 Å². The van der Waals surface area contributed by atoms with Crippen molar-refractivity contribution < 1.29 is 0 Å². The highest BCUT2D eigenvalue weighted by molar-refractivity contribution is 6.02. The maximum Gasteiger partial charge on any atom is 0.332 e. The van der Waals surface area contributed by atoms with Gasteiger partial charge in [-0.05, 0) is 19.4 Å². The molecular formula is C18H20N6O2. The molecule has 2 aromatic heterocycles. The molecule has 0 fully saturated rings. The molecule has 1 aliphatic rings. The number of imidazole rings is 1. The summed E-state index contributed by atoms with van der Waals surface area (Å²) in [5.74, 6) is 0.577. The minimum absolute atomic E-state index is 0.0467. The summed E-state index contributed by atoms with van der Waals surface area (Å²) in [5.41, 5.74) is 1.90. The third-order valence-corrected chi connectivity index (χ3v) is 4.67. The van der Waals surface area contributed by atoms with Crippen molar-refractivity contribution in [1.29, 1.82) is 0 Å². The number of hydrogen-bond donors (Lipinski definition) is 0. The number of hydrazone groups is 1. The van der Waals surface area contributed by atoms with Gasteiger partial charge in [0.25, 0.3) is 5.56 Å². The van der Waals surface area contributed by atoms with Gasteiger partial charge in [-0.25, -0.2) is 9.80 Å². The average Bonchev–Trinajstić information content (AvgIpc) is 3.04. The molecule has 0 atom stereocenters. The third-order valence-electron chi connectivity index (χ3n) is 4.67. The highest BCUT2D eigenvalue weighted by atomic mass is 16.2. The fourth-order valence-corrected chi connectivity index (χ4v) is 3.24. The van der Waals surface area contributed by atoms with Crippen LogP contribution in [0.4, 0.5) is 5.95 Å². The lowest BCUT2D eigenvalue weighted by Gasteiger charge is -2.28. The van der Waals surface area contributed by atoms with Crippen LogP contribution in [-0.4, -0.2) is 30.4 Å². The molecule has 0 bridgehead atoms. The summed E-state index contributed by atoms with van der Waals surface area (Å²) >= 11 is 0. The Bertz CT molecular complexity index is 1150. The van der Waals surface area contributed by atoms with E-state index in [1.54, 1.807) is 12.1 Å². The number of fused-ring (bicyclic) bond motifs is 3. The van der Waals surface area contributed by atoms with Crippen molar-refractivity contribution in [2.24, 2.45) is 19.2 Å². The van der Waals surface area contributed by atoms with Gasteiger partial charge in [-0.3, -0.25) is 18.5 Å². The van der Waals surface area contributed by atoms with Crippen LogP contribution in [0.5, 0.6) is 0 Å². The number of aromatic nitrogens is 4. The van der Waals surface area contributed by atoms with Crippen LogP contribution >= 0.6 is 0 Å². The maximum absolute atomic E-state index is 12.8. The molecule has 26 heavy (non-hydrogen) atoms. The van der Waals surface area contributed by atoms with Crippen molar-refractivity contribution in [2.45, 2.75) is 26.4 Å². The quantitative estimate of drug-likeness (QED) is 0.691. The highest BCUT2D eigenvalue weighted by Crippen LogP contribution is 2.26. The minimum atomic E-state index is -0.391. The smallest absolute Gasteiger partial charge is 0.297 e. The van der Waals surface area contributed by atoms with E-state index in [0.29, 0.717) is 23.7 Å². The fraction of sp³-hybridized carbons (Fsp3) is 0.333. The van der Waals surface area contributed by atoms with Crippen LogP contribution in [0.25, 0.3) is 11.2 Å². The van der Waals surface area contributed by atoms with E-state index < -0.39 is 5.69 Å². The second kappa shape index (κ2) is 5.69. The van der Waals surface area contributed by atoms with Gasteiger partial charge in [0.05, 0.1) is 18.3 Å². The maximum atomic E-state index is 12.8. The Kier molecular flexibility index (Phi) is 3.57. The van der Waals surface area contributed by atoms with Gasteiger partial charge in [-0.1, -0.05) is 30.3 Å². The zero-order valence-electron chi connectivity index (χ0n) is 15.2. The van der Waals surface area contributed by atoms with Crippen LogP contribution in [0.2, 0.25) is 0 Å². The number of anilines is 1. The van der Waals surface area contributed by atoms with E-state index in [0.717, 1.165) is 15.8 Å². The summed E-state index contributed by atoms with van der Waals surface area (Å²) in [6.45, 7) is 4.45. The lowest BCUT2D eigenvalue weighted by atomic mass is 10.1. The number of rotatable bonds is 2. The van der Waals surface area contributed by atoms with Gasteiger partial charge in [-0.15, -0.1) is 0 Å². The van der Waals surface area contributed by atoms with Crippen molar-refractivity contribution >= 4 is 22.8 Å². The molecule has 3 aromatic rings. The van der Waals surface area contributed by atoms with Crippen molar-refractivity contribution in [3.63, 3.8) is 0 Å². The molecule has 1 aliphatic heterocycles. The van der Waals surface area contributed by atoms with E-state index in [-0.39, 0.29) is 11.6 Å². The molecule has 8 nitrogen and oxygen atoms in total. The predicted octanol–water partition coefficient (Wildman–Crippen LogP) is 1.07. The summed E-state index contributed by atoms with van der Waals surface area (Å²) in [6.07, 6.45) is 0. The van der Waals surface area contributed by atoms with Gasteiger partial charge in [-0.2, -0.15) is 10.1 Å². The van der Waals surface area contributed by atoms with Crippen LogP contribution in [0.1, 0.15) is 19.4 Å². The molecule has 0 saturated carbocycles. The average molecular weight is 352 g/mol. The molecule has 0 spiro atoms. The van der Waals surface area contributed by atoms with Crippen molar-refractivity contribution in [3.8, 4) is 0 Å². The van der Waals surface area contributed by atoms with Crippen molar-refractivity contribution in [1.82, 2.24) is 18.7 Å². The standard InChI is InChI=1S/C18H20N6O2/c1-11(2)24-17-19-15-14(16(25)22(4)18(26)21(15)3)23(17)10-13(20-24)12-8-6-5-7-9-12/h5-9,11H,10H2,1-4H3. The molecule has 0 unspecified atom stereocenters. The summed E-state index contributed by atoms with van der Waals surface area (Å²) in [7, 11) is 3.11. The number of aryl methyl sites for hydroxylation is 1. The molecule has 4 rings (SSSR count). The monoisotopic (exact) mass is 352 g/mol. The first-order valence-electron chi connectivity index (χ1n) is 8.48. The van der Waals surface area contributed by atoms with E-state index >= 15 is 0 Å². The Morgan fingerprint density at radius 3 is 2.38 bits per heavy atom. The van der Waals surface area contributed by atoms with Crippen LogP contribution in [-0.2, 0) is 20.6 Å². The Labute approximate surface area is 149 Å². The van der Waals surface area contributed by atoms with Crippen LogP contribution in [0.3, 0.4) is 0 Å². The van der Waals surface area contributed by atoms with Crippen LogP contribution in [0.15, 0.2) is 45.0 Å². The lowest BCUT2D eigenvalue weighted by Crippen LogP contribution is -2.38. The molecule has 1 aromatic carbocycles. The van der Waals surface area contributed by atoms with E-state index in [1.807, 2.05) is 48.7 Å². The summed E-state index contributed by atoms with van der Waals surface area (Å²) in [5, 5.41) is 6.56. The second-order valence-corrected chi connectivity index (χ2v) is 6.73. The largest absolute Gasteiger partial charge is 0.332 e. The topological polar surface area (TPSA) is 77.4 Å². The molecule has 134 valence electrons. The van der Waals surface area contributed by atoms with E-state index in [9.17, 15) is 9.59 Å². The van der Waals surface area contributed by atoms with E-state index in [2.05, 4.69) is 4.98 Å². The van der Waals surface area contributed by atoms with Crippen molar-refractivity contribution in [2.75, 3.05) is 5.01 Å². The Morgan fingerprint density at radius 2 is 1.73 bits per heavy atom. The number of hydrogen-bond acceptors (Lipinski definition) is 5. The molecule has 8 heteroatoms. The van der Waals surface area contributed by atoms with Gasteiger partial charge >= 0.3 is 5.69 Å². The first-order valence-corrected chi connectivity index (χ1v) is 8.48. The zero-order chi connectivity index (χ0) is 18.6. The first-order chi connectivity index (χ1) is 12.4. The Morgan fingerprint density at radius 1 is 1.04 bits per heavy atom. The summed E-state index contributed by atoms with van der Waals surface area (Å²) < 4.78 is 4.38. The van der Waals surface area contributed by atoms with Crippen molar-refractivity contribution in [3.05, 3.63) is 56.7 Å². The molecule has 0 aliphatic carbocycles. The van der Waals surface area contributed by atoms with E-state index in [4.69, 9.17) is 5.10 Å². The van der Waals surface area contributed by atoms with E-state index in [1.165, 1.54) is 11.6 Å². The summed E-state index contributed by atoms with van der Waals surface area (Å²) in [6, 6.07) is 9.91. The first kappa shape index (κ1) is 16.3. The second-order valence-electron chi connectivity index (χ2n) is 6.73. The number of nitrogens with zero attached hydrogens (tertiary/aromatic N) is 6. The molecule has 0 N–H and O–H groups in total. The SMILES string of the molecule is CC(C)N1N=C(c2ccccc2)Cn2c1nc1c2c(=O)n(C)c(=O)n1C. The van der Waals surface area contributed by atoms with Gasteiger partial charge in [0.2, 0.25) is 5.95 Å². The molecular weight excluding hydrogens is 332 g/mol. The highest BCUT2D eigenvalue weighted by Gasteiger charge is 2.28. The predicted molar refractivity (Wildman–Crippen MR) is 101 cm³/mol. The Balaban J connectivity index is 2.03. The molecule has 0 saturated heterocycles. The zero-order valence-corrected chi connectivity index (χ0v) is 15.2. The normalized spacial score (nSPS) is 14.0. The lowest BCUT2D eigenvalue weighted by molar-refractivity contribution is 0.645. The molecule has 0 amide bonds. The van der Waals surface area contributed by atoms with Gasteiger partial charge in [0.15, 0.2) is 11.2 Å². The minimum Gasteiger partial charge on any atom is -0.297 e.